The summed E-state index contributed by atoms with van der Waals surface area (Å²) in [5.41, 5.74) is 1.19. The summed E-state index contributed by atoms with van der Waals surface area (Å²) in [6.45, 7) is 5.18. The fourth-order valence-electron chi connectivity index (χ4n) is 3.43. The minimum absolute atomic E-state index is 0. The van der Waals surface area contributed by atoms with Crippen LogP contribution in [0.25, 0.3) is 11.4 Å². The van der Waals surface area contributed by atoms with E-state index in [2.05, 4.69) is 27.7 Å². The number of nitrogens with zero attached hydrogens (tertiary/aromatic N) is 3. The Balaban J connectivity index is 0.00000320. The molecule has 1 aromatic heterocycles. The van der Waals surface area contributed by atoms with Gasteiger partial charge in [-0.25, -0.2) is 0 Å². The molecule has 0 radical (unpaired) electrons. The topological polar surface area (TPSA) is 84.6 Å². The van der Waals surface area contributed by atoms with Gasteiger partial charge < -0.3 is 19.9 Å². The van der Waals surface area contributed by atoms with Gasteiger partial charge in [0.1, 0.15) is 0 Å². The minimum atomic E-state index is 0. The van der Waals surface area contributed by atoms with E-state index in [4.69, 9.17) is 25.9 Å². The van der Waals surface area contributed by atoms with Crippen LogP contribution in [0.4, 0.5) is 0 Å². The molecule has 2 N–H and O–H groups in total. The Morgan fingerprint density at radius 3 is 2.67 bits per heavy atom. The van der Waals surface area contributed by atoms with Gasteiger partial charge in [0, 0.05) is 50.4 Å². The van der Waals surface area contributed by atoms with Gasteiger partial charge in [-0.3, -0.25) is 4.99 Å². The Morgan fingerprint density at radius 2 is 2.03 bits per heavy atom. The smallest absolute Gasteiger partial charge is 0.228 e. The van der Waals surface area contributed by atoms with Gasteiger partial charge in [-0.05, 0) is 55.9 Å². The van der Waals surface area contributed by atoms with Crippen LogP contribution < -0.4 is 10.6 Å². The Bertz CT molecular complexity index is 793. The first-order valence-corrected chi connectivity index (χ1v) is 10.6. The van der Waals surface area contributed by atoms with Crippen LogP contribution in [0.1, 0.15) is 38.5 Å². The van der Waals surface area contributed by atoms with Gasteiger partial charge in [0.25, 0.3) is 0 Å². The standard InChI is InChI=1S/C21H30ClN5O2.HI/c1-3-23-20(25-15-21(10-4-11-21)12-14-28-2)24-13-9-18-26-19(27-29-18)16-5-7-17(22)8-6-16;/h5-8H,3-4,9-15H2,1-2H3,(H2,23,24,25);1H. The zero-order chi connectivity index (χ0) is 20.5. The van der Waals surface area contributed by atoms with Gasteiger partial charge >= 0.3 is 0 Å². The van der Waals surface area contributed by atoms with Gasteiger partial charge in [-0.1, -0.05) is 23.2 Å². The number of nitrogens with one attached hydrogen (secondary N) is 2. The first-order valence-electron chi connectivity index (χ1n) is 10.2. The summed E-state index contributed by atoms with van der Waals surface area (Å²) in [6, 6.07) is 7.39. The van der Waals surface area contributed by atoms with Gasteiger partial charge in [-0.2, -0.15) is 4.98 Å². The van der Waals surface area contributed by atoms with Crippen molar-refractivity contribution < 1.29 is 9.26 Å². The Hall–Kier alpha value is -1.39. The van der Waals surface area contributed by atoms with Gasteiger partial charge in [0.05, 0.1) is 0 Å². The number of halogens is 2. The second kappa shape index (κ2) is 12.5. The third kappa shape index (κ3) is 7.09. The fraction of sp³-hybridized carbons (Fsp3) is 0.571. The highest BCUT2D eigenvalue weighted by molar-refractivity contribution is 14.0. The highest BCUT2D eigenvalue weighted by Crippen LogP contribution is 2.44. The van der Waals surface area contributed by atoms with Crippen LogP contribution >= 0.6 is 35.6 Å². The summed E-state index contributed by atoms with van der Waals surface area (Å²) in [5, 5.41) is 11.4. The molecule has 1 aliphatic rings. The Morgan fingerprint density at radius 1 is 1.27 bits per heavy atom. The predicted octanol–water partition coefficient (Wildman–Crippen LogP) is 4.31. The zero-order valence-corrected chi connectivity index (χ0v) is 20.7. The van der Waals surface area contributed by atoms with Crippen molar-refractivity contribution in [2.75, 3.05) is 33.4 Å². The van der Waals surface area contributed by atoms with Crippen molar-refractivity contribution in [3.8, 4) is 11.4 Å². The van der Waals surface area contributed by atoms with Crippen LogP contribution in [-0.4, -0.2) is 49.5 Å². The normalized spacial score (nSPS) is 15.2. The number of hydrogen-bond acceptors (Lipinski definition) is 5. The average molecular weight is 548 g/mol. The van der Waals surface area contributed by atoms with Crippen molar-refractivity contribution >= 4 is 41.5 Å². The third-order valence-electron chi connectivity index (χ3n) is 5.37. The van der Waals surface area contributed by atoms with E-state index in [1.165, 1.54) is 19.3 Å². The number of ether oxygens (including phenoxy) is 1. The summed E-state index contributed by atoms with van der Waals surface area (Å²) in [5.74, 6) is 1.99. The number of hydrogen-bond donors (Lipinski definition) is 2. The molecule has 0 unspecified atom stereocenters. The largest absolute Gasteiger partial charge is 0.385 e. The minimum Gasteiger partial charge on any atom is -0.385 e. The van der Waals surface area contributed by atoms with Crippen LogP contribution in [0.15, 0.2) is 33.8 Å². The molecular weight excluding hydrogens is 517 g/mol. The van der Waals surface area contributed by atoms with E-state index in [0.29, 0.717) is 35.1 Å². The molecule has 0 atom stereocenters. The molecule has 166 valence electrons. The molecule has 1 heterocycles. The maximum Gasteiger partial charge on any atom is 0.228 e. The molecule has 2 aromatic rings. The predicted molar refractivity (Wildman–Crippen MR) is 131 cm³/mol. The van der Waals surface area contributed by atoms with E-state index in [1.54, 1.807) is 7.11 Å². The third-order valence-corrected chi connectivity index (χ3v) is 5.62. The van der Waals surface area contributed by atoms with Gasteiger partial charge in [-0.15, -0.1) is 24.0 Å². The van der Waals surface area contributed by atoms with Gasteiger partial charge in [0.15, 0.2) is 5.96 Å². The van der Waals surface area contributed by atoms with Crippen molar-refractivity contribution in [1.82, 2.24) is 20.8 Å². The van der Waals surface area contributed by atoms with Gasteiger partial charge in [0.2, 0.25) is 11.7 Å². The first-order chi connectivity index (χ1) is 14.1. The average Bonchev–Trinajstić information content (AvgIpc) is 3.16. The number of methoxy groups -OCH3 is 1. The molecule has 3 rings (SSSR count). The molecule has 30 heavy (non-hydrogen) atoms. The van der Waals surface area contributed by atoms with E-state index >= 15 is 0 Å². The molecule has 0 amide bonds. The van der Waals surface area contributed by atoms with Crippen LogP contribution in [-0.2, 0) is 11.2 Å². The number of guanidine groups is 1. The Labute approximate surface area is 200 Å². The Kier molecular flexibility index (Phi) is 10.3. The maximum atomic E-state index is 5.92. The molecule has 0 bridgehead atoms. The lowest BCUT2D eigenvalue weighted by molar-refractivity contribution is 0.0778. The van der Waals surface area contributed by atoms with Crippen molar-refractivity contribution in [1.29, 1.82) is 0 Å². The molecule has 1 fully saturated rings. The second-order valence-electron chi connectivity index (χ2n) is 7.49. The van der Waals surface area contributed by atoms with Crippen LogP contribution in [0, 0.1) is 5.41 Å². The lowest BCUT2D eigenvalue weighted by Gasteiger charge is -2.40. The van der Waals surface area contributed by atoms with E-state index < -0.39 is 0 Å². The lowest BCUT2D eigenvalue weighted by atomic mass is 9.67. The molecule has 0 spiro atoms. The van der Waals surface area contributed by atoms with Crippen molar-refractivity contribution in [3.63, 3.8) is 0 Å². The molecule has 7 nitrogen and oxygen atoms in total. The first kappa shape index (κ1) is 24.9. The lowest BCUT2D eigenvalue weighted by Crippen LogP contribution is -2.41. The molecule has 0 aliphatic heterocycles. The summed E-state index contributed by atoms with van der Waals surface area (Å²) in [6.07, 6.45) is 5.45. The summed E-state index contributed by atoms with van der Waals surface area (Å²) >= 11 is 5.92. The number of aliphatic imine (C=N–C) groups is 1. The second-order valence-corrected chi connectivity index (χ2v) is 7.92. The van der Waals surface area contributed by atoms with E-state index in [0.717, 1.165) is 37.6 Å². The molecular formula is C21H31ClIN5O2. The monoisotopic (exact) mass is 547 g/mol. The summed E-state index contributed by atoms with van der Waals surface area (Å²) in [7, 11) is 1.76. The van der Waals surface area contributed by atoms with Crippen molar-refractivity contribution in [2.24, 2.45) is 10.4 Å². The number of rotatable bonds is 10. The van der Waals surface area contributed by atoms with E-state index in [9.17, 15) is 0 Å². The zero-order valence-electron chi connectivity index (χ0n) is 17.6. The number of benzene rings is 1. The van der Waals surface area contributed by atoms with Crippen LogP contribution in [0.5, 0.6) is 0 Å². The molecule has 1 aliphatic carbocycles. The SMILES string of the molecule is CCNC(=NCC1(CCOC)CCC1)NCCc1nc(-c2ccc(Cl)cc2)no1.I. The summed E-state index contributed by atoms with van der Waals surface area (Å²) in [4.78, 5) is 9.27. The van der Waals surface area contributed by atoms with Crippen molar-refractivity contribution in [2.45, 2.75) is 39.0 Å². The highest BCUT2D eigenvalue weighted by atomic mass is 127. The van der Waals surface area contributed by atoms with Crippen molar-refractivity contribution in [3.05, 3.63) is 35.2 Å². The molecule has 1 aromatic carbocycles. The molecule has 9 heteroatoms. The number of aromatic nitrogens is 2. The quantitative estimate of drug-likeness (QED) is 0.262. The summed E-state index contributed by atoms with van der Waals surface area (Å²) < 4.78 is 10.6. The van der Waals surface area contributed by atoms with Crippen LogP contribution in [0.2, 0.25) is 5.02 Å². The fourth-order valence-corrected chi connectivity index (χ4v) is 3.56. The molecule has 1 saturated carbocycles. The van der Waals surface area contributed by atoms with E-state index in [1.807, 2.05) is 24.3 Å². The van der Waals surface area contributed by atoms with E-state index in [-0.39, 0.29) is 24.0 Å². The van der Waals surface area contributed by atoms with Crippen LogP contribution in [0.3, 0.4) is 0 Å². The maximum absolute atomic E-state index is 5.92. The molecule has 0 saturated heterocycles. The highest BCUT2D eigenvalue weighted by Gasteiger charge is 2.36.